The lowest BCUT2D eigenvalue weighted by Gasteiger charge is -2.11. The number of nitrogen functional groups attached to an aromatic ring is 1. The third-order valence-corrected chi connectivity index (χ3v) is 2.93. The van der Waals surface area contributed by atoms with E-state index in [1.807, 2.05) is 0 Å². The van der Waals surface area contributed by atoms with Gasteiger partial charge in [0.25, 0.3) is 0 Å². The molecule has 0 spiro atoms. The second kappa shape index (κ2) is 4.71. The molecular weight excluding hydrogens is 301 g/mol. The van der Waals surface area contributed by atoms with Gasteiger partial charge in [-0.3, -0.25) is 9.59 Å². The molecule has 16 heavy (non-hydrogen) atoms. The van der Waals surface area contributed by atoms with Gasteiger partial charge < -0.3 is 15.9 Å². The average molecular weight is 309 g/mol. The highest BCUT2D eigenvalue weighted by Crippen LogP contribution is 2.32. The highest BCUT2D eigenvalue weighted by atomic mass is 79.9. The average Bonchev–Trinajstić information content (AvgIpc) is 2.12. The number of benzene rings is 1. The maximum Gasteiger partial charge on any atom is 0.322 e. The monoisotopic (exact) mass is 307 g/mol. The highest BCUT2D eigenvalue weighted by molar-refractivity contribution is 9.10. The Morgan fingerprint density at radius 1 is 1.31 bits per heavy atom. The van der Waals surface area contributed by atoms with Gasteiger partial charge in [-0.25, -0.2) is 0 Å². The summed E-state index contributed by atoms with van der Waals surface area (Å²) in [5.74, 6) is -4.70. The molecule has 7 heteroatoms. The number of carboxylic acid groups (broad SMARTS) is 2. The van der Waals surface area contributed by atoms with E-state index in [0.29, 0.717) is 4.47 Å². The van der Waals surface area contributed by atoms with Crippen molar-refractivity contribution < 1.29 is 19.8 Å². The molecule has 0 aliphatic rings. The molecule has 0 unspecified atom stereocenters. The Morgan fingerprint density at radius 3 is 2.25 bits per heavy atom. The van der Waals surface area contributed by atoms with Crippen molar-refractivity contribution in [3.63, 3.8) is 0 Å². The van der Waals surface area contributed by atoms with Crippen molar-refractivity contribution in [2.24, 2.45) is 0 Å². The lowest BCUT2D eigenvalue weighted by atomic mass is 9.99. The summed E-state index contributed by atoms with van der Waals surface area (Å²) in [5, 5.41) is 17.6. The third kappa shape index (κ3) is 2.45. The topological polar surface area (TPSA) is 101 Å². The molecule has 0 atom stereocenters. The molecule has 0 aromatic heterocycles. The zero-order valence-electron chi connectivity index (χ0n) is 7.78. The Labute approximate surface area is 104 Å². The second-order valence-electron chi connectivity index (χ2n) is 3.00. The number of carbonyl (C=O) groups is 2. The maximum absolute atomic E-state index is 10.8. The van der Waals surface area contributed by atoms with E-state index in [2.05, 4.69) is 15.9 Å². The minimum atomic E-state index is -1.72. The van der Waals surface area contributed by atoms with Gasteiger partial charge in [0.15, 0.2) is 5.92 Å². The second-order valence-corrected chi connectivity index (χ2v) is 4.27. The third-order valence-electron chi connectivity index (χ3n) is 1.92. The minimum absolute atomic E-state index is 0.0378. The Hall–Kier alpha value is -1.27. The van der Waals surface area contributed by atoms with Crippen LogP contribution in [0.2, 0.25) is 5.02 Å². The Kier molecular flexibility index (Phi) is 3.77. The van der Waals surface area contributed by atoms with E-state index in [9.17, 15) is 9.59 Å². The molecule has 0 amide bonds. The normalized spacial score (nSPS) is 10.4. The predicted octanol–water partition coefficient (Wildman–Crippen LogP) is 1.94. The van der Waals surface area contributed by atoms with Gasteiger partial charge in [-0.05, 0) is 33.6 Å². The fourth-order valence-corrected chi connectivity index (χ4v) is 1.92. The van der Waals surface area contributed by atoms with Crippen LogP contribution in [-0.4, -0.2) is 22.2 Å². The van der Waals surface area contributed by atoms with Crippen LogP contribution in [0.4, 0.5) is 5.69 Å². The first-order valence-corrected chi connectivity index (χ1v) is 5.21. The number of hydrogen-bond acceptors (Lipinski definition) is 3. The molecule has 5 nitrogen and oxygen atoms in total. The number of anilines is 1. The summed E-state index contributed by atoms with van der Waals surface area (Å²) in [6, 6.07) is 2.60. The van der Waals surface area contributed by atoms with Gasteiger partial charge >= 0.3 is 11.9 Å². The molecule has 1 rings (SSSR count). The smallest absolute Gasteiger partial charge is 0.322 e. The number of aliphatic carboxylic acids is 2. The lowest BCUT2D eigenvalue weighted by Crippen LogP contribution is -2.21. The Morgan fingerprint density at radius 2 is 1.81 bits per heavy atom. The summed E-state index contributed by atoms with van der Waals surface area (Å²) in [5.41, 5.74) is 5.73. The predicted molar refractivity (Wildman–Crippen MR) is 61.6 cm³/mol. The zero-order valence-corrected chi connectivity index (χ0v) is 10.1. The van der Waals surface area contributed by atoms with E-state index in [1.54, 1.807) is 0 Å². The van der Waals surface area contributed by atoms with Crippen LogP contribution in [0.5, 0.6) is 0 Å². The number of nitrogens with two attached hydrogens (primary N) is 1. The number of carboxylic acids is 2. The summed E-state index contributed by atoms with van der Waals surface area (Å²) in [7, 11) is 0. The molecule has 1 aromatic rings. The molecule has 0 saturated carbocycles. The molecule has 86 valence electrons. The van der Waals surface area contributed by atoms with Crippen molar-refractivity contribution in [2.75, 3.05) is 5.73 Å². The molecule has 0 heterocycles. The van der Waals surface area contributed by atoms with Gasteiger partial charge in [0, 0.05) is 15.2 Å². The summed E-state index contributed by atoms with van der Waals surface area (Å²) < 4.78 is 0.482. The van der Waals surface area contributed by atoms with Crippen LogP contribution in [0.15, 0.2) is 16.6 Å². The first kappa shape index (κ1) is 12.8. The molecule has 1 aromatic carbocycles. The first-order chi connectivity index (χ1) is 7.34. The van der Waals surface area contributed by atoms with Gasteiger partial charge in [-0.1, -0.05) is 11.6 Å². The molecule has 0 bridgehead atoms. The van der Waals surface area contributed by atoms with Crippen LogP contribution in [0.1, 0.15) is 11.5 Å². The van der Waals surface area contributed by atoms with E-state index in [4.69, 9.17) is 27.5 Å². The van der Waals surface area contributed by atoms with Crippen LogP contribution < -0.4 is 5.73 Å². The van der Waals surface area contributed by atoms with E-state index < -0.39 is 17.9 Å². The fourth-order valence-electron chi connectivity index (χ4n) is 1.18. The van der Waals surface area contributed by atoms with Crippen molar-refractivity contribution in [1.82, 2.24) is 0 Å². The summed E-state index contributed by atoms with van der Waals surface area (Å²) in [4.78, 5) is 21.6. The standard InChI is InChI=1S/C9H7BrClNO4/c10-4-2-5(11)3(1-6(4)12)7(8(13)14)9(15)16/h1-2,7H,12H2,(H,13,14)(H,15,16). The molecule has 0 aliphatic carbocycles. The summed E-state index contributed by atoms with van der Waals surface area (Å²) >= 11 is 8.87. The van der Waals surface area contributed by atoms with Crippen molar-refractivity contribution in [2.45, 2.75) is 5.92 Å². The van der Waals surface area contributed by atoms with Gasteiger partial charge in [-0.2, -0.15) is 0 Å². The number of hydrogen-bond donors (Lipinski definition) is 3. The van der Waals surface area contributed by atoms with E-state index >= 15 is 0 Å². The number of rotatable bonds is 3. The van der Waals surface area contributed by atoms with Crippen molar-refractivity contribution in [3.05, 3.63) is 27.2 Å². The summed E-state index contributed by atoms with van der Waals surface area (Å²) in [6.07, 6.45) is 0. The van der Waals surface area contributed by atoms with Crippen LogP contribution in [0.25, 0.3) is 0 Å². The van der Waals surface area contributed by atoms with Gasteiger partial charge in [0.1, 0.15) is 0 Å². The SMILES string of the molecule is Nc1cc(C(C(=O)O)C(=O)O)c(Cl)cc1Br. The van der Waals surface area contributed by atoms with E-state index in [1.165, 1.54) is 12.1 Å². The van der Waals surface area contributed by atoms with Crippen molar-refractivity contribution >= 4 is 45.2 Å². The van der Waals surface area contributed by atoms with Crippen LogP contribution in [0, 0.1) is 0 Å². The molecule has 0 aliphatic heterocycles. The van der Waals surface area contributed by atoms with Crippen molar-refractivity contribution in [3.8, 4) is 0 Å². The van der Waals surface area contributed by atoms with Crippen molar-refractivity contribution in [1.29, 1.82) is 0 Å². The van der Waals surface area contributed by atoms with Crippen LogP contribution >= 0.6 is 27.5 Å². The van der Waals surface area contributed by atoms with E-state index in [-0.39, 0.29) is 16.3 Å². The Bertz CT molecular complexity index is 449. The molecule has 0 saturated heterocycles. The molecular formula is C9H7BrClNO4. The van der Waals surface area contributed by atoms with Crippen LogP contribution in [0.3, 0.4) is 0 Å². The van der Waals surface area contributed by atoms with E-state index in [0.717, 1.165) is 0 Å². The lowest BCUT2D eigenvalue weighted by molar-refractivity contribution is -0.150. The summed E-state index contributed by atoms with van der Waals surface area (Å²) in [6.45, 7) is 0. The molecule has 0 fully saturated rings. The number of halogens is 2. The highest BCUT2D eigenvalue weighted by Gasteiger charge is 2.30. The maximum atomic E-state index is 10.8. The Balaban J connectivity index is 3.35. The zero-order chi connectivity index (χ0) is 12.5. The molecule has 4 N–H and O–H groups in total. The largest absolute Gasteiger partial charge is 0.480 e. The fraction of sp³-hybridized carbons (Fsp3) is 0.111. The van der Waals surface area contributed by atoms with Gasteiger partial charge in [0.05, 0.1) is 0 Å². The van der Waals surface area contributed by atoms with Crippen LogP contribution in [-0.2, 0) is 9.59 Å². The van der Waals surface area contributed by atoms with Gasteiger partial charge in [-0.15, -0.1) is 0 Å². The van der Waals surface area contributed by atoms with Gasteiger partial charge in [0.2, 0.25) is 0 Å². The minimum Gasteiger partial charge on any atom is -0.480 e. The molecule has 0 radical (unpaired) electrons. The first-order valence-electron chi connectivity index (χ1n) is 4.04. The quantitative estimate of drug-likeness (QED) is 0.585.